The average molecular weight is 245 g/mol. The molecule has 0 atom stereocenters. The highest BCUT2D eigenvalue weighted by molar-refractivity contribution is 5.55. The van der Waals surface area contributed by atoms with Crippen LogP contribution in [0.25, 0.3) is 11.4 Å². The van der Waals surface area contributed by atoms with E-state index >= 15 is 0 Å². The van der Waals surface area contributed by atoms with E-state index < -0.39 is 0 Å². The summed E-state index contributed by atoms with van der Waals surface area (Å²) in [7, 11) is 0. The first-order chi connectivity index (χ1) is 8.47. The molecular weight excluding hydrogens is 226 g/mol. The van der Waals surface area contributed by atoms with Gasteiger partial charge in [0.25, 0.3) is 0 Å². The second-order valence-electron chi connectivity index (χ2n) is 5.00. The molecule has 0 radical (unpaired) electrons. The minimum atomic E-state index is 0.323. The quantitative estimate of drug-likeness (QED) is 0.902. The van der Waals surface area contributed by atoms with Gasteiger partial charge in [-0.1, -0.05) is 13.8 Å². The second kappa shape index (κ2) is 4.76. The first-order valence-electron chi connectivity index (χ1n) is 6.16. The van der Waals surface area contributed by atoms with Crippen LogP contribution in [0.5, 0.6) is 0 Å². The van der Waals surface area contributed by atoms with Crippen LogP contribution in [-0.2, 0) is 0 Å². The zero-order valence-electron chi connectivity index (χ0n) is 11.3. The molecule has 2 heterocycles. The van der Waals surface area contributed by atoms with Crippen molar-refractivity contribution in [3.63, 3.8) is 0 Å². The Bertz CT molecular complexity index is 542. The predicted molar refractivity (Wildman–Crippen MR) is 72.1 cm³/mol. The van der Waals surface area contributed by atoms with Crippen LogP contribution >= 0.6 is 0 Å². The fourth-order valence-electron chi connectivity index (χ4n) is 1.65. The Morgan fingerprint density at radius 3 is 2.44 bits per heavy atom. The van der Waals surface area contributed by atoms with E-state index in [4.69, 9.17) is 5.73 Å². The van der Waals surface area contributed by atoms with Gasteiger partial charge in [-0.15, -0.1) is 0 Å². The molecule has 0 saturated carbocycles. The first-order valence-corrected chi connectivity index (χ1v) is 6.16. The molecule has 0 aromatic carbocycles. The molecule has 2 N–H and O–H groups in total. The third kappa shape index (κ3) is 2.50. The summed E-state index contributed by atoms with van der Waals surface area (Å²) in [6.07, 6.45) is 3.72. The molecule has 0 aliphatic heterocycles. The molecule has 2 aromatic rings. The van der Waals surface area contributed by atoms with E-state index in [9.17, 15) is 0 Å². The summed E-state index contributed by atoms with van der Waals surface area (Å²) in [5.41, 5.74) is 7.68. The maximum atomic E-state index is 5.82. The summed E-state index contributed by atoms with van der Waals surface area (Å²) < 4.78 is 1.89. The Labute approximate surface area is 107 Å². The van der Waals surface area contributed by atoms with Crippen molar-refractivity contribution in [2.75, 3.05) is 5.73 Å². The first kappa shape index (κ1) is 12.5. The number of nitrogens with two attached hydrogens (primary N) is 1. The van der Waals surface area contributed by atoms with Crippen molar-refractivity contribution in [2.45, 2.75) is 39.7 Å². The topological polar surface area (TPSA) is 69.6 Å². The molecule has 0 amide bonds. The zero-order chi connectivity index (χ0) is 13.3. The standard InChI is InChI=1S/C13H19N5/c1-8(2)11-5-12(14)17-13(16-11)10-6-15-18(7-10)9(3)4/h5-9H,1-4H3,(H2,14,16,17). The van der Waals surface area contributed by atoms with Crippen molar-refractivity contribution in [1.82, 2.24) is 19.7 Å². The molecular formula is C13H19N5. The van der Waals surface area contributed by atoms with E-state index in [1.54, 1.807) is 6.20 Å². The molecule has 0 saturated heterocycles. The van der Waals surface area contributed by atoms with Crippen LogP contribution < -0.4 is 5.73 Å². The lowest BCUT2D eigenvalue weighted by atomic mass is 10.1. The Balaban J connectivity index is 2.43. The third-order valence-corrected chi connectivity index (χ3v) is 2.75. The van der Waals surface area contributed by atoms with Crippen molar-refractivity contribution in [3.05, 3.63) is 24.2 Å². The SMILES string of the molecule is CC(C)c1cc(N)nc(-c2cnn(C(C)C)c2)n1. The fraction of sp³-hybridized carbons (Fsp3) is 0.462. The van der Waals surface area contributed by atoms with Gasteiger partial charge >= 0.3 is 0 Å². The number of hydrogen-bond donors (Lipinski definition) is 1. The highest BCUT2D eigenvalue weighted by Gasteiger charge is 2.10. The van der Waals surface area contributed by atoms with Gasteiger partial charge in [0.05, 0.1) is 11.8 Å². The van der Waals surface area contributed by atoms with E-state index in [-0.39, 0.29) is 0 Å². The third-order valence-electron chi connectivity index (χ3n) is 2.75. The molecule has 2 aromatic heterocycles. The van der Waals surface area contributed by atoms with Gasteiger partial charge in [0.1, 0.15) is 5.82 Å². The van der Waals surface area contributed by atoms with Crippen LogP contribution in [-0.4, -0.2) is 19.7 Å². The normalized spacial score (nSPS) is 11.4. The van der Waals surface area contributed by atoms with Gasteiger partial charge < -0.3 is 5.73 Å². The van der Waals surface area contributed by atoms with Crippen molar-refractivity contribution < 1.29 is 0 Å². The van der Waals surface area contributed by atoms with Crippen LogP contribution in [0.2, 0.25) is 0 Å². The lowest BCUT2D eigenvalue weighted by molar-refractivity contribution is 0.532. The summed E-state index contributed by atoms with van der Waals surface area (Å²) in [4.78, 5) is 8.80. The van der Waals surface area contributed by atoms with Gasteiger partial charge in [-0.2, -0.15) is 5.10 Å². The minimum absolute atomic E-state index is 0.323. The number of anilines is 1. The average Bonchev–Trinajstić information content (AvgIpc) is 2.77. The summed E-state index contributed by atoms with van der Waals surface area (Å²) in [5.74, 6) is 1.47. The highest BCUT2D eigenvalue weighted by atomic mass is 15.3. The van der Waals surface area contributed by atoms with Crippen molar-refractivity contribution in [3.8, 4) is 11.4 Å². The Hall–Kier alpha value is -1.91. The minimum Gasteiger partial charge on any atom is -0.384 e. The molecule has 5 nitrogen and oxygen atoms in total. The lowest BCUT2D eigenvalue weighted by Gasteiger charge is -2.07. The number of rotatable bonds is 3. The highest BCUT2D eigenvalue weighted by Crippen LogP contribution is 2.21. The molecule has 18 heavy (non-hydrogen) atoms. The van der Waals surface area contributed by atoms with Crippen molar-refractivity contribution in [2.24, 2.45) is 0 Å². The predicted octanol–water partition coefficient (Wildman–Crippen LogP) is 2.63. The van der Waals surface area contributed by atoms with Gasteiger partial charge in [0.15, 0.2) is 5.82 Å². The van der Waals surface area contributed by atoms with E-state index in [1.807, 2.05) is 16.9 Å². The van der Waals surface area contributed by atoms with Crippen LogP contribution in [0.15, 0.2) is 18.5 Å². The smallest absolute Gasteiger partial charge is 0.164 e. The fourth-order valence-corrected chi connectivity index (χ4v) is 1.65. The molecule has 0 unspecified atom stereocenters. The van der Waals surface area contributed by atoms with Crippen molar-refractivity contribution in [1.29, 1.82) is 0 Å². The molecule has 0 aliphatic rings. The van der Waals surface area contributed by atoms with Crippen LogP contribution in [0, 0.1) is 0 Å². The second-order valence-corrected chi connectivity index (χ2v) is 5.00. The van der Waals surface area contributed by atoms with Crippen LogP contribution in [0.4, 0.5) is 5.82 Å². The zero-order valence-corrected chi connectivity index (χ0v) is 11.3. The van der Waals surface area contributed by atoms with Crippen LogP contribution in [0.3, 0.4) is 0 Å². The van der Waals surface area contributed by atoms with Gasteiger partial charge in [-0.3, -0.25) is 4.68 Å². The molecule has 96 valence electrons. The van der Waals surface area contributed by atoms with Crippen molar-refractivity contribution >= 4 is 5.82 Å². The van der Waals surface area contributed by atoms with E-state index in [2.05, 4.69) is 42.8 Å². The van der Waals surface area contributed by atoms with E-state index in [1.165, 1.54) is 0 Å². The molecule has 0 fully saturated rings. The van der Waals surface area contributed by atoms with Gasteiger partial charge in [-0.25, -0.2) is 9.97 Å². The summed E-state index contributed by atoms with van der Waals surface area (Å²) in [6.45, 7) is 8.33. The molecule has 0 spiro atoms. The number of aromatic nitrogens is 4. The molecule has 5 heteroatoms. The lowest BCUT2D eigenvalue weighted by Crippen LogP contribution is -2.02. The molecule has 0 aliphatic carbocycles. The number of nitrogens with zero attached hydrogens (tertiary/aromatic N) is 4. The van der Waals surface area contributed by atoms with Gasteiger partial charge in [-0.05, 0) is 19.8 Å². The maximum absolute atomic E-state index is 5.82. The van der Waals surface area contributed by atoms with E-state index in [0.29, 0.717) is 23.6 Å². The van der Waals surface area contributed by atoms with Crippen LogP contribution in [0.1, 0.15) is 45.3 Å². The summed E-state index contributed by atoms with van der Waals surface area (Å²) >= 11 is 0. The largest absolute Gasteiger partial charge is 0.384 e. The number of nitrogen functional groups attached to an aromatic ring is 1. The number of hydrogen-bond acceptors (Lipinski definition) is 4. The maximum Gasteiger partial charge on any atom is 0.164 e. The molecule has 2 rings (SSSR count). The summed E-state index contributed by atoms with van der Waals surface area (Å²) in [5, 5.41) is 4.29. The summed E-state index contributed by atoms with van der Waals surface area (Å²) in [6, 6.07) is 2.14. The Morgan fingerprint density at radius 2 is 1.89 bits per heavy atom. The van der Waals surface area contributed by atoms with Gasteiger partial charge in [0.2, 0.25) is 0 Å². The Morgan fingerprint density at radius 1 is 1.17 bits per heavy atom. The Kier molecular flexibility index (Phi) is 3.32. The monoisotopic (exact) mass is 245 g/mol. The molecule has 0 bridgehead atoms. The van der Waals surface area contributed by atoms with E-state index in [0.717, 1.165) is 11.3 Å². The van der Waals surface area contributed by atoms with Gasteiger partial charge in [0, 0.05) is 24.0 Å².